The lowest BCUT2D eigenvalue weighted by molar-refractivity contribution is 0.575. The second kappa shape index (κ2) is 4.83. The van der Waals surface area contributed by atoms with Crippen LogP contribution in [0.3, 0.4) is 0 Å². The Balaban J connectivity index is 2.27. The Hall–Kier alpha value is -1.18. The molecule has 2 aromatic rings. The van der Waals surface area contributed by atoms with Crippen LogP contribution in [0.25, 0.3) is 10.2 Å². The summed E-state index contributed by atoms with van der Waals surface area (Å²) in [5.41, 5.74) is 1.92. The zero-order chi connectivity index (χ0) is 13.3. The summed E-state index contributed by atoms with van der Waals surface area (Å²) in [5, 5.41) is 0.378. The topological polar surface area (TPSA) is 71.1 Å². The highest BCUT2D eigenvalue weighted by Crippen LogP contribution is 2.27. The lowest BCUT2D eigenvalue weighted by Gasteiger charge is -2.08. The minimum absolute atomic E-state index is 0.154. The van der Waals surface area contributed by atoms with Gasteiger partial charge < -0.3 is 0 Å². The predicted molar refractivity (Wildman–Crippen MR) is 75.2 cm³/mol. The number of hydrogen-bond donors (Lipinski definition) is 2. The van der Waals surface area contributed by atoms with E-state index in [-0.39, 0.29) is 6.04 Å². The van der Waals surface area contributed by atoms with E-state index >= 15 is 0 Å². The second-order valence-corrected chi connectivity index (χ2v) is 6.85. The van der Waals surface area contributed by atoms with Crippen molar-refractivity contribution in [3.05, 3.63) is 23.8 Å². The first-order chi connectivity index (χ1) is 8.35. The smallest absolute Gasteiger partial charge is 0.246 e. The normalized spacial score (nSPS) is 12.2. The van der Waals surface area contributed by atoms with Gasteiger partial charge in [0.2, 0.25) is 0 Å². The molecule has 0 fully saturated rings. The third-order valence-corrected chi connectivity index (χ3v) is 4.46. The third-order valence-electron chi connectivity index (χ3n) is 2.16. The van der Waals surface area contributed by atoms with Gasteiger partial charge in [0.25, 0.3) is 0 Å². The van der Waals surface area contributed by atoms with Crippen LogP contribution >= 0.6 is 11.3 Å². The molecule has 2 rings (SSSR count). The molecular weight excluding hydrogens is 270 g/mol. The van der Waals surface area contributed by atoms with Crippen LogP contribution in [0.1, 0.15) is 19.4 Å². The van der Waals surface area contributed by atoms with E-state index in [0.717, 1.165) is 15.8 Å². The Morgan fingerprint density at radius 2 is 2.06 bits per heavy atom. The standard InChI is InChI=1S/C11H15N3O2S2/c1-7(2)13-18(15,16)14-11-12-9-5-4-8(3)6-10(9)17-11/h4-7,13H,1-3H3,(H,12,14). The van der Waals surface area contributed by atoms with Gasteiger partial charge in [0.15, 0.2) is 5.13 Å². The van der Waals surface area contributed by atoms with Crippen molar-refractivity contribution < 1.29 is 8.42 Å². The molecular formula is C11H15N3O2S2. The van der Waals surface area contributed by atoms with Gasteiger partial charge in [0.1, 0.15) is 0 Å². The van der Waals surface area contributed by atoms with Gasteiger partial charge in [0.05, 0.1) is 10.2 Å². The Bertz CT molecular complexity index is 662. The molecule has 98 valence electrons. The molecule has 0 unspecified atom stereocenters. The van der Waals surface area contributed by atoms with Gasteiger partial charge in [-0.15, -0.1) is 0 Å². The average molecular weight is 285 g/mol. The molecule has 0 amide bonds. The van der Waals surface area contributed by atoms with Crippen LogP contribution in [0.5, 0.6) is 0 Å². The summed E-state index contributed by atoms with van der Waals surface area (Å²) >= 11 is 1.32. The zero-order valence-electron chi connectivity index (χ0n) is 10.4. The van der Waals surface area contributed by atoms with Crippen molar-refractivity contribution in [3.8, 4) is 0 Å². The van der Waals surface area contributed by atoms with Crippen LogP contribution in [0.2, 0.25) is 0 Å². The maximum absolute atomic E-state index is 11.7. The number of hydrogen-bond acceptors (Lipinski definition) is 4. The number of nitrogens with zero attached hydrogens (tertiary/aromatic N) is 1. The molecule has 0 atom stereocenters. The van der Waals surface area contributed by atoms with Gasteiger partial charge in [-0.1, -0.05) is 17.4 Å². The average Bonchev–Trinajstić information content (AvgIpc) is 2.55. The number of aryl methyl sites for hydroxylation is 1. The van der Waals surface area contributed by atoms with E-state index in [9.17, 15) is 8.42 Å². The minimum atomic E-state index is -3.54. The zero-order valence-corrected chi connectivity index (χ0v) is 12.0. The van der Waals surface area contributed by atoms with Crippen molar-refractivity contribution in [2.75, 3.05) is 4.72 Å². The molecule has 1 heterocycles. The molecule has 0 saturated carbocycles. The molecule has 0 spiro atoms. The fourth-order valence-corrected chi connectivity index (χ4v) is 3.80. The Labute approximate surface area is 110 Å². The molecule has 1 aromatic carbocycles. The molecule has 2 N–H and O–H groups in total. The van der Waals surface area contributed by atoms with E-state index in [0.29, 0.717) is 5.13 Å². The van der Waals surface area contributed by atoms with Crippen LogP contribution < -0.4 is 9.44 Å². The van der Waals surface area contributed by atoms with E-state index in [1.807, 2.05) is 25.1 Å². The van der Waals surface area contributed by atoms with Crippen molar-refractivity contribution in [2.45, 2.75) is 26.8 Å². The number of anilines is 1. The molecule has 0 aliphatic carbocycles. The van der Waals surface area contributed by atoms with E-state index in [1.165, 1.54) is 11.3 Å². The summed E-state index contributed by atoms with van der Waals surface area (Å²) in [6, 6.07) is 5.67. The van der Waals surface area contributed by atoms with E-state index in [4.69, 9.17) is 0 Å². The summed E-state index contributed by atoms with van der Waals surface area (Å²) in [6.07, 6.45) is 0. The summed E-state index contributed by atoms with van der Waals surface area (Å²) in [7, 11) is -3.54. The van der Waals surface area contributed by atoms with Gasteiger partial charge in [0, 0.05) is 6.04 Å². The molecule has 0 radical (unpaired) electrons. The molecule has 0 aliphatic heterocycles. The fraction of sp³-hybridized carbons (Fsp3) is 0.364. The van der Waals surface area contributed by atoms with E-state index in [1.54, 1.807) is 13.8 Å². The third kappa shape index (κ3) is 3.18. The van der Waals surface area contributed by atoms with E-state index in [2.05, 4.69) is 14.4 Å². The van der Waals surface area contributed by atoms with Gasteiger partial charge in [-0.2, -0.15) is 13.1 Å². The molecule has 0 aliphatic rings. The number of aromatic nitrogens is 1. The lowest BCUT2D eigenvalue weighted by Crippen LogP contribution is -2.35. The lowest BCUT2D eigenvalue weighted by atomic mass is 10.2. The molecule has 1 aromatic heterocycles. The fourth-order valence-electron chi connectivity index (χ4n) is 1.53. The highest BCUT2D eigenvalue weighted by molar-refractivity contribution is 7.91. The summed E-state index contributed by atoms with van der Waals surface area (Å²) in [4.78, 5) is 4.23. The van der Waals surface area contributed by atoms with Crippen molar-refractivity contribution >= 4 is 36.9 Å². The highest BCUT2D eigenvalue weighted by atomic mass is 32.2. The SMILES string of the molecule is Cc1ccc2nc(NS(=O)(=O)NC(C)C)sc2c1. The number of nitrogens with one attached hydrogen (secondary N) is 2. The molecule has 18 heavy (non-hydrogen) atoms. The summed E-state index contributed by atoms with van der Waals surface area (Å²) < 4.78 is 29.2. The molecule has 0 saturated heterocycles. The Morgan fingerprint density at radius 3 is 2.72 bits per heavy atom. The van der Waals surface area contributed by atoms with Crippen molar-refractivity contribution in [3.63, 3.8) is 0 Å². The number of benzene rings is 1. The molecule has 5 nitrogen and oxygen atoms in total. The van der Waals surface area contributed by atoms with Gasteiger partial charge in [-0.3, -0.25) is 0 Å². The van der Waals surface area contributed by atoms with Gasteiger partial charge >= 0.3 is 10.2 Å². The minimum Gasteiger partial charge on any atom is -0.246 e. The van der Waals surface area contributed by atoms with Crippen LogP contribution in [0.15, 0.2) is 18.2 Å². The number of rotatable bonds is 4. The maximum Gasteiger partial charge on any atom is 0.301 e. The second-order valence-electron chi connectivity index (χ2n) is 4.37. The van der Waals surface area contributed by atoms with E-state index < -0.39 is 10.2 Å². The van der Waals surface area contributed by atoms with Crippen LogP contribution in [-0.4, -0.2) is 19.4 Å². The monoisotopic (exact) mass is 285 g/mol. The highest BCUT2D eigenvalue weighted by Gasteiger charge is 2.14. The Morgan fingerprint density at radius 1 is 1.33 bits per heavy atom. The van der Waals surface area contributed by atoms with Crippen LogP contribution in [0.4, 0.5) is 5.13 Å². The predicted octanol–water partition coefficient (Wildman–Crippen LogP) is 2.26. The Kier molecular flexibility index (Phi) is 3.56. The van der Waals surface area contributed by atoms with Crippen LogP contribution in [0, 0.1) is 6.92 Å². The van der Waals surface area contributed by atoms with Crippen molar-refractivity contribution in [1.29, 1.82) is 0 Å². The molecule has 0 bridgehead atoms. The first-order valence-electron chi connectivity index (χ1n) is 5.53. The first-order valence-corrected chi connectivity index (χ1v) is 7.83. The van der Waals surface area contributed by atoms with Gasteiger partial charge in [-0.05, 0) is 38.5 Å². The quantitative estimate of drug-likeness (QED) is 0.905. The van der Waals surface area contributed by atoms with Crippen molar-refractivity contribution in [2.24, 2.45) is 0 Å². The largest absolute Gasteiger partial charge is 0.301 e. The summed E-state index contributed by atoms with van der Waals surface area (Å²) in [5.74, 6) is 0. The number of thiazole rings is 1. The maximum atomic E-state index is 11.7. The number of fused-ring (bicyclic) bond motifs is 1. The van der Waals surface area contributed by atoms with Crippen molar-refractivity contribution in [1.82, 2.24) is 9.71 Å². The van der Waals surface area contributed by atoms with Gasteiger partial charge in [-0.25, -0.2) is 9.71 Å². The molecule has 7 heteroatoms. The van der Waals surface area contributed by atoms with Crippen LogP contribution in [-0.2, 0) is 10.2 Å². The summed E-state index contributed by atoms with van der Waals surface area (Å²) in [6.45, 7) is 5.52. The first kappa shape index (κ1) is 13.3.